The van der Waals surface area contributed by atoms with Gasteiger partial charge < -0.3 is 4.74 Å². The maximum absolute atomic E-state index is 12.5. The number of aromatic nitrogens is 6. The molecule has 0 aliphatic heterocycles. The second kappa shape index (κ2) is 7.25. The van der Waals surface area contributed by atoms with E-state index >= 15 is 0 Å². The number of rotatable bonds is 5. The number of nitrogens with one attached hydrogen (secondary N) is 1. The minimum absolute atomic E-state index is 0.179. The van der Waals surface area contributed by atoms with Crippen molar-refractivity contribution in [3.63, 3.8) is 0 Å². The summed E-state index contributed by atoms with van der Waals surface area (Å²) in [6.07, 6.45) is 0. The highest BCUT2D eigenvalue weighted by atomic mass is 32.1. The van der Waals surface area contributed by atoms with Gasteiger partial charge in [0.15, 0.2) is 10.8 Å². The predicted octanol–water partition coefficient (Wildman–Crippen LogP) is 1.60. The van der Waals surface area contributed by atoms with E-state index in [9.17, 15) is 9.59 Å². The molecule has 1 amide bonds. The highest BCUT2D eigenvalue weighted by Gasteiger charge is 2.21. The smallest absolute Gasteiger partial charge is 0.350 e. The van der Waals surface area contributed by atoms with E-state index in [1.807, 2.05) is 6.92 Å². The molecular formula is C14H15N7O3S2. The largest absolute Gasteiger partial charge is 0.465 e. The van der Waals surface area contributed by atoms with Crippen LogP contribution in [0.25, 0.3) is 0 Å². The third-order valence-electron chi connectivity index (χ3n) is 3.63. The summed E-state index contributed by atoms with van der Waals surface area (Å²) in [5.74, 6) is -0.943. The van der Waals surface area contributed by atoms with E-state index in [2.05, 4.69) is 34.1 Å². The molecular weight excluding hydrogens is 378 g/mol. The van der Waals surface area contributed by atoms with Crippen molar-refractivity contribution in [2.45, 2.75) is 27.3 Å². The lowest BCUT2D eigenvalue weighted by atomic mass is 10.3. The fourth-order valence-electron chi connectivity index (χ4n) is 2.14. The number of carbonyl (C=O) groups excluding carboxylic acids is 2. The summed E-state index contributed by atoms with van der Waals surface area (Å²) in [5, 5.41) is 10.9. The number of hydrogen-bond acceptors (Lipinski definition) is 10. The minimum Gasteiger partial charge on any atom is -0.465 e. The van der Waals surface area contributed by atoms with Crippen molar-refractivity contribution in [1.82, 2.24) is 28.7 Å². The lowest BCUT2D eigenvalue weighted by Crippen LogP contribution is -2.14. The first-order valence-electron chi connectivity index (χ1n) is 7.46. The Bertz CT molecular complexity index is 975. The Balaban J connectivity index is 1.77. The first-order valence-corrected chi connectivity index (χ1v) is 9.00. The van der Waals surface area contributed by atoms with Crippen LogP contribution in [0.15, 0.2) is 0 Å². The summed E-state index contributed by atoms with van der Waals surface area (Å²) in [4.78, 5) is 28.6. The number of anilines is 1. The van der Waals surface area contributed by atoms with E-state index in [0.29, 0.717) is 27.9 Å². The average molecular weight is 393 g/mol. The van der Waals surface area contributed by atoms with Gasteiger partial charge in [-0.15, -0.1) is 5.10 Å². The van der Waals surface area contributed by atoms with Crippen LogP contribution in [0, 0.1) is 20.8 Å². The first-order chi connectivity index (χ1) is 12.4. The molecule has 3 heterocycles. The van der Waals surface area contributed by atoms with Gasteiger partial charge in [0, 0.05) is 0 Å². The lowest BCUT2D eigenvalue weighted by molar-refractivity contribution is 0.0605. The molecule has 3 aromatic heterocycles. The number of thiazole rings is 1. The Morgan fingerprint density at radius 3 is 2.62 bits per heavy atom. The first kappa shape index (κ1) is 18.1. The van der Waals surface area contributed by atoms with Crippen LogP contribution in [-0.2, 0) is 11.3 Å². The van der Waals surface area contributed by atoms with E-state index in [1.54, 1.807) is 18.5 Å². The number of nitrogens with zero attached hydrogens (tertiary/aromatic N) is 6. The van der Waals surface area contributed by atoms with Crippen molar-refractivity contribution in [2.24, 2.45) is 0 Å². The van der Waals surface area contributed by atoms with Gasteiger partial charge in [-0.1, -0.05) is 16.6 Å². The quantitative estimate of drug-likeness (QED) is 0.648. The standard InChI is InChI=1S/C14H15N7O3S2/c1-6-9(19-26-18-6)5-21-8(3)10(17-20-21)12(22)16-14-15-7(2)11(25-14)13(23)24-4/h5H2,1-4H3,(H,15,16,22). The molecule has 3 aromatic rings. The van der Waals surface area contributed by atoms with Gasteiger partial charge in [-0.2, -0.15) is 8.75 Å². The third-order valence-corrected chi connectivity index (χ3v) is 5.34. The van der Waals surface area contributed by atoms with Gasteiger partial charge in [0.25, 0.3) is 5.91 Å². The summed E-state index contributed by atoms with van der Waals surface area (Å²) in [6.45, 7) is 5.67. The molecule has 10 nitrogen and oxygen atoms in total. The van der Waals surface area contributed by atoms with Crippen molar-refractivity contribution in [3.8, 4) is 0 Å². The molecule has 0 bridgehead atoms. The third kappa shape index (κ3) is 3.46. The Kier molecular flexibility index (Phi) is 5.04. The Morgan fingerprint density at radius 2 is 1.96 bits per heavy atom. The van der Waals surface area contributed by atoms with Crippen LogP contribution >= 0.6 is 23.1 Å². The summed E-state index contributed by atoms with van der Waals surface area (Å²) < 4.78 is 14.6. The minimum atomic E-state index is -0.491. The van der Waals surface area contributed by atoms with Crippen LogP contribution in [0.2, 0.25) is 0 Å². The normalized spacial score (nSPS) is 10.8. The van der Waals surface area contributed by atoms with Crippen LogP contribution in [0.5, 0.6) is 0 Å². The summed E-state index contributed by atoms with van der Waals surface area (Å²) in [6, 6.07) is 0. The molecule has 136 valence electrons. The van der Waals surface area contributed by atoms with Gasteiger partial charge in [0.1, 0.15) is 4.88 Å². The van der Waals surface area contributed by atoms with E-state index in [4.69, 9.17) is 0 Å². The molecule has 3 rings (SSSR count). The second-order valence-corrected chi connectivity index (χ2v) is 6.88. The molecule has 0 spiro atoms. The molecule has 1 N–H and O–H groups in total. The summed E-state index contributed by atoms with van der Waals surface area (Å²) in [7, 11) is 1.29. The van der Waals surface area contributed by atoms with E-state index in [-0.39, 0.29) is 5.69 Å². The monoisotopic (exact) mass is 393 g/mol. The van der Waals surface area contributed by atoms with E-state index < -0.39 is 11.9 Å². The van der Waals surface area contributed by atoms with E-state index in [0.717, 1.165) is 34.5 Å². The topological polar surface area (TPSA) is 125 Å². The highest BCUT2D eigenvalue weighted by Crippen LogP contribution is 2.24. The molecule has 0 aliphatic rings. The van der Waals surface area contributed by atoms with Gasteiger partial charge in [0.2, 0.25) is 0 Å². The molecule has 0 unspecified atom stereocenters. The maximum Gasteiger partial charge on any atom is 0.350 e. The number of hydrogen-bond donors (Lipinski definition) is 1. The number of aryl methyl sites for hydroxylation is 2. The van der Waals surface area contributed by atoms with Gasteiger partial charge in [-0.3, -0.25) is 10.1 Å². The highest BCUT2D eigenvalue weighted by molar-refractivity contribution is 7.17. The number of methoxy groups -OCH3 is 1. The van der Waals surface area contributed by atoms with Crippen LogP contribution < -0.4 is 5.32 Å². The maximum atomic E-state index is 12.5. The zero-order valence-corrected chi connectivity index (χ0v) is 16.1. The van der Waals surface area contributed by atoms with Crippen LogP contribution in [0.4, 0.5) is 5.13 Å². The lowest BCUT2D eigenvalue weighted by Gasteiger charge is -2.02. The van der Waals surface area contributed by atoms with Crippen molar-refractivity contribution in [2.75, 3.05) is 12.4 Å². The molecule has 0 radical (unpaired) electrons. The SMILES string of the molecule is COC(=O)c1sc(NC(=O)c2nnn(Cc3nsnc3C)c2C)nc1C. The van der Waals surface area contributed by atoms with Gasteiger partial charge in [-0.25, -0.2) is 14.5 Å². The fourth-order valence-corrected chi connectivity index (χ4v) is 3.58. The van der Waals surface area contributed by atoms with Crippen LogP contribution in [-0.4, -0.2) is 47.7 Å². The number of ether oxygens (including phenoxy) is 1. The fraction of sp³-hybridized carbons (Fsp3) is 0.357. The molecule has 26 heavy (non-hydrogen) atoms. The Labute approximate surface area is 156 Å². The van der Waals surface area contributed by atoms with Crippen LogP contribution in [0.1, 0.15) is 42.9 Å². The molecule has 0 saturated heterocycles. The molecule has 0 aromatic carbocycles. The van der Waals surface area contributed by atoms with Crippen molar-refractivity contribution < 1.29 is 14.3 Å². The van der Waals surface area contributed by atoms with Gasteiger partial charge in [-0.05, 0) is 20.8 Å². The molecule has 12 heteroatoms. The zero-order valence-electron chi connectivity index (χ0n) is 14.4. The molecule has 0 atom stereocenters. The van der Waals surface area contributed by atoms with Gasteiger partial charge >= 0.3 is 5.97 Å². The summed E-state index contributed by atoms with van der Waals surface area (Å²) >= 11 is 2.17. The molecule has 0 fully saturated rings. The predicted molar refractivity (Wildman–Crippen MR) is 94.7 cm³/mol. The van der Waals surface area contributed by atoms with Crippen molar-refractivity contribution >= 4 is 40.1 Å². The van der Waals surface area contributed by atoms with Crippen molar-refractivity contribution in [1.29, 1.82) is 0 Å². The second-order valence-electron chi connectivity index (χ2n) is 5.36. The molecule has 0 saturated carbocycles. The number of esters is 1. The summed E-state index contributed by atoms with van der Waals surface area (Å²) in [5.41, 5.74) is 2.87. The zero-order chi connectivity index (χ0) is 18.8. The van der Waals surface area contributed by atoms with Crippen LogP contribution in [0.3, 0.4) is 0 Å². The van der Waals surface area contributed by atoms with Crippen molar-refractivity contribution in [3.05, 3.63) is 33.3 Å². The number of carbonyl (C=O) groups is 2. The number of amides is 1. The Morgan fingerprint density at radius 1 is 1.19 bits per heavy atom. The average Bonchev–Trinajstić information content (AvgIpc) is 3.28. The molecule has 0 aliphatic carbocycles. The Hall–Kier alpha value is -2.73. The van der Waals surface area contributed by atoms with E-state index in [1.165, 1.54) is 7.11 Å². The van der Waals surface area contributed by atoms with Gasteiger partial charge in [0.05, 0.1) is 48.2 Å².